The van der Waals surface area contributed by atoms with E-state index in [1.54, 1.807) is 18.2 Å². The van der Waals surface area contributed by atoms with Crippen LogP contribution in [0.1, 0.15) is 38.7 Å². The van der Waals surface area contributed by atoms with Gasteiger partial charge in [0.1, 0.15) is 0 Å². The summed E-state index contributed by atoms with van der Waals surface area (Å²) in [6.45, 7) is 4.95. The average molecular weight is 309 g/mol. The fourth-order valence-corrected chi connectivity index (χ4v) is 2.49. The van der Waals surface area contributed by atoms with Crippen molar-refractivity contribution < 1.29 is 9.90 Å². The molecule has 0 amide bonds. The van der Waals surface area contributed by atoms with E-state index in [0.29, 0.717) is 28.8 Å². The van der Waals surface area contributed by atoms with Crippen LogP contribution in [-0.4, -0.2) is 17.6 Å². The summed E-state index contributed by atoms with van der Waals surface area (Å²) in [5.41, 5.74) is 1.34. The fraction of sp³-hybridized carbons (Fsp3) is 0.500. The quantitative estimate of drug-likeness (QED) is 0.756. The van der Waals surface area contributed by atoms with Crippen LogP contribution in [0.5, 0.6) is 0 Å². The Morgan fingerprint density at radius 2 is 2.14 bits per heavy atom. The first kappa shape index (κ1) is 17.3. The van der Waals surface area contributed by atoms with Gasteiger partial charge in [-0.05, 0) is 42.9 Å². The maximum absolute atomic E-state index is 10.7. The zero-order chi connectivity index (χ0) is 15.8. The van der Waals surface area contributed by atoms with Gasteiger partial charge in [-0.1, -0.05) is 25.4 Å². The Bertz CT molecular complexity index is 523. The molecule has 1 aromatic rings. The number of nitrogens with one attached hydrogen (secondary N) is 1. The van der Waals surface area contributed by atoms with Crippen molar-refractivity contribution in [1.29, 1.82) is 5.26 Å². The Morgan fingerprint density at radius 3 is 2.67 bits per heavy atom. The van der Waals surface area contributed by atoms with E-state index in [2.05, 4.69) is 19.2 Å². The third-order valence-electron chi connectivity index (χ3n) is 3.60. The highest BCUT2D eigenvalue weighted by Gasteiger charge is 2.14. The highest BCUT2D eigenvalue weighted by molar-refractivity contribution is 6.33. The minimum atomic E-state index is -0.747. The van der Waals surface area contributed by atoms with Gasteiger partial charge >= 0.3 is 5.97 Å². The summed E-state index contributed by atoms with van der Waals surface area (Å²) in [5, 5.41) is 21.3. The molecule has 0 aliphatic heterocycles. The van der Waals surface area contributed by atoms with Crippen molar-refractivity contribution in [2.45, 2.75) is 33.1 Å². The molecule has 0 aromatic heterocycles. The number of carboxylic acid groups (broad SMARTS) is 1. The predicted octanol–water partition coefficient (Wildman–Crippen LogP) is 4.15. The van der Waals surface area contributed by atoms with Gasteiger partial charge in [-0.3, -0.25) is 4.79 Å². The van der Waals surface area contributed by atoms with Crippen LogP contribution in [0.2, 0.25) is 5.02 Å². The number of hydrogen-bond acceptors (Lipinski definition) is 3. The molecule has 21 heavy (non-hydrogen) atoms. The Labute approximate surface area is 130 Å². The Morgan fingerprint density at radius 1 is 1.43 bits per heavy atom. The highest BCUT2D eigenvalue weighted by Crippen LogP contribution is 2.25. The molecule has 4 nitrogen and oxygen atoms in total. The summed E-state index contributed by atoms with van der Waals surface area (Å²) >= 11 is 6.10. The lowest BCUT2D eigenvalue weighted by atomic mass is 9.88. The standard InChI is InChI=1S/C16H21ClN2O2/c1-11(2)13(4-6-16(20)21)7-8-19-15-5-3-12(10-18)9-14(15)17/h3,5,9,11,13,19H,4,6-8H2,1-2H3,(H,20,21). The van der Waals surface area contributed by atoms with Crippen molar-refractivity contribution in [3.8, 4) is 6.07 Å². The number of carbonyl (C=O) groups is 1. The van der Waals surface area contributed by atoms with Crippen molar-refractivity contribution in [1.82, 2.24) is 0 Å². The molecule has 1 unspecified atom stereocenters. The summed E-state index contributed by atoms with van der Waals surface area (Å²) in [5.74, 6) is 0.0667. The van der Waals surface area contributed by atoms with Gasteiger partial charge in [0.25, 0.3) is 0 Å². The van der Waals surface area contributed by atoms with Gasteiger partial charge < -0.3 is 10.4 Å². The SMILES string of the molecule is CC(C)C(CCNc1ccc(C#N)cc1Cl)CCC(=O)O. The van der Waals surface area contributed by atoms with Crippen LogP contribution in [0.3, 0.4) is 0 Å². The number of aliphatic carboxylic acids is 1. The van der Waals surface area contributed by atoms with Crippen LogP contribution in [0, 0.1) is 23.2 Å². The molecular weight excluding hydrogens is 288 g/mol. The molecule has 0 radical (unpaired) electrons. The fourth-order valence-electron chi connectivity index (χ4n) is 2.24. The normalized spacial score (nSPS) is 12.0. The van der Waals surface area contributed by atoms with Crippen LogP contribution < -0.4 is 5.32 Å². The van der Waals surface area contributed by atoms with Gasteiger partial charge in [-0.2, -0.15) is 5.26 Å². The first-order valence-electron chi connectivity index (χ1n) is 7.09. The van der Waals surface area contributed by atoms with E-state index in [4.69, 9.17) is 22.0 Å². The average Bonchev–Trinajstić information content (AvgIpc) is 2.43. The number of anilines is 1. The van der Waals surface area contributed by atoms with E-state index < -0.39 is 5.97 Å². The minimum absolute atomic E-state index is 0.209. The number of benzene rings is 1. The van der Waals surface area contributed by atoms with Gasteiger partial charge in [0.05, 0.1) is 22.3 Å². The number of hydrogen-bond donors (Lipinski definition) is 2. The molecule has 2 N–H and O–H groups in total. The van der Waals surface area contributed by atoms with Gasteiger partial charge in [-0.15, -0.1) is 0 Å². The molecule has 0 heterocycles. The lowest BCUT2D eigenvalue weighted by molar-refractivity contribution is -0.137. The number of nitrogens with zero attached hydrogens (tertiary/aromatic N) is 1. The van der Waals surface area contributed by atoms with Crippen LogP contribution in [-0.2, 0) is 4.79 Å². The zero-order valence-electron chi connectivity index (χ0n) is 12.4. The molecule has 0 spiro atoms. The van der Waals surface area contributed by atoms with Gasteiger partial charge in [0.2, 0.25) is 0 Å². The Kier molecular flexibility index (Phi) is 7.04. The van der Waals surface area contributed by atoms with Crippen LogP contribution in [0.15, 0.2) is 18.2 Å². The number of nitriles is 1. The smallest absolute Gasteiger partial charge is 0.303 e. The zero-order valence-corrected chi connectivity index (χ0v) is 13.2. The summed E-state index contributed by atoms with van der Waals surface area (Å²) in [7, 11) is 0. The monoisotopic (exact) mass is 308 g/mol. The van der Waals surface area contributed by atoms with Crippen molar-refractivity contribution in [2.24, 2.45) is 11.8 Å². The van der Waals surface area contributed by atoms with E-state index in [1.807, 2.05) is 6.07 Å². The Balaban J connectivity index is 2.50. The Hall–Kier alpha value is -1.73. The lowest BCUT2D eigenvalue weighted by Crippen LogP contribution is -2.16. The third kappa shape index (κ3) is 6.05. The number of carboxylic acids is 1. The summed E-state index contributed by atoms with van der Waals surface area (Å²) < 4.78 is 0. The maximum atomic E-state index is 10.7. The first-order chi connectivity index (χ1) is 9.93. The van der Waals surface area contributed by atoms with Crippen LogP contribution in [0.4, 0.5) is 5.69 Å². The minimum Gasteiger partial charge on any atom is -0.481 e. The van der Waals surface area contributed by atoms with E-state index in [9.17, 15) is 4.79 Å². The molecule has 114 valence electrons. The van der Waals surface area contributed by atoms with E-state index in [-0.39, 0.29) is 6.42 Å². The highest BCUT2D eigenvalue weighted by atomic mass is 35.5. The molecule has 0 fully saturated rings. The second-order valence-electron chi connectivity index (χ2n) is 5.46. The molecule has 1 rings (SSSR count). The number of halogens is 1. The van der Waals surface area contributed by atoms with Crippen molar-refractivity contribution in [3.05, 3.63) is 28.8 Å². The molecule has 0 aliphatic carbocycles. The molecule has 0 saturated heterocycles. The second-order valence-corrected chi connectivity index (χ2v) is 5.87. The van der Waals surface area contributed by atoms with Gasteiger partial charge in [0, 0.05) is 13.0 Å². The third-order valence-corrected chi connectivity index (χ3v) is 3.91. The van der Waals surface area contributed by atoms with Crippen LogP contribution in [0.25, 0.3) is 0 Å². The van der Waals surface area contributed by atoms with Crippen molar-refractivity contribution >= 4 is 23.3 Å². The van der Waals surface area contributed by atoms with Gasteiger partial charge in [-0.25, -0.2) is 0 Å². The molecule has 0 bridgehead atoms. The molecule has 0 saturated carbocycles. The molecule has 0 aliphatic rings. The van der Waals surface area contributed by atoms with Crippen molar-refractivity contribution in [3.63, 3.8) is 0 Å². The largest absolute Gasteiger partial charge is 0.481 e. The molecular formula is C16H21ClN2O2. The molecule has 1 atom stereocenters. The first-order valence-corrected chi connectivity index (χ1v) is 7.47. The molecule has 1 aromatic carbocycles. The lowest BCUT2D eigenvalue weighted by Gasteiger charge is -2.20. The van der Waals surface area contributed by atoms with Crippen molar-refractivity contribution in [2.75, 3.05) is 11.9 Å². The van der Waals surface area contributed by atoms with E-state index in [0.717, 1.165) is 18.7 Å². The topological polar surface area (TPSA) is 73.1 Å². The molecule has 5 heteroatoms. The summed E-state index contributed by atoms with van der Waals surface area (Å²) in [6.07, 6.45) is 1.79. The summed E-state index contributed by atoms with van der Waals surface area (Å²) in [6, 6.07) is 7.19. The van der Waals surface area contributed by atoms with E-state index >= 15 is 0 Å². The summed E-state index contributed by atoms with van der Waals surface area (Å²) in [4.78, 5) is 10.7. The van der Waals surface area contributed by atoms with Crippen LogP contribution >= 0.6 is 11.6 Å². The number of rotatable bonds is 8. The maximum Gasteiger partial charge on any atom is 0.303 e. The predicted molar refractivity (Wildman–Crippen MR) is 84.5 cm³/mol. The van der Waals surface area contributed by atoms with E-state index in [1.165, 1.54) is 0 Å². The second kappa shape index (κ2) is 8.53. The van der Waals surface area contributed by atoms with Gasteiger partial charge in [0.15, 0.2) is 0 Å².